The lowest BCUT2D eigenvalue weighted by atomic mass is 9.86. The molecule has 0 spiro atoms. The van der Waals surface area contributed by atoms with Crippen LogP contribution < -0.4 is 19.9 Å². The maximum absolute atomic E-state index is 6.03. The number of rotatable bonds is 8. The lowest BCUT2D eigenvalue weighted by Crippen LogP contribution is -2.16. The van der Waals surface area contributed by atoms with Gasteiger partial charge in [0.05, 0.1) is 6.61 Å². The molecule has 2 N–H and O–H groups in total. The van der Waals surface area contributed by atoms with E-state index < -0.39 is 0 Å². The van der Waals surface area contributed by atoms with E-state index in [2.05, 4.69) is 45.9 Å². The van der Waals surface area contributed by atoms with E-state index in [0.29, 0.717) is 32.1 Å². The molecule has 0 aliphatic carbocycles. The minimum Gasteiger partial charge on any atom is -0.490 e. The van der Waals surface area contributed by atoms with E-state index in [1.807, 2.05) is 25.1 Å². The summed E-state index contributed by atoms with van der Waals surface area (Å²) >= 11 is 0. The summed E-state index contributed by atoms with van der Waals surface area (Å²) in [4.78, 5) is 0. The fourth-order valence-corrected chi connectivity index (χ4v) is 2.74. The first-order valence-corrected chi connectivity index (χ1v) is 9.17. The Morgan fingerprint density at radius 2 is 1.54 bits per heavy atom. The Morgan fingerprint density at radius 1 is 0.846 bits per heavy atom. The van der Waals surface area contributed by atoms with Crippen LogP contribution in [0, 0.1) is 6.92 Å². The molecule has 0 amide bonds. The van der Waals surface area contributed by atoms with Crippen LogP contribution in [0.3, 0.4) is 0 Å². The first-order chi connectivity index (χ1) is 12.3. The van der Waals surface area contributed by atoms with Crippen LogP contribution in [0.25, 0.3) is 0 Å². The van der Waals surface area contributed by atoms with Gasteiger partial charge in [0, 0.05) is 6.54 Å². The van der Waals surface area contributed by atoms with Gasteiger partial charge in [-0.1, -0.05) is 39.0 Å². The zero-order valence-corrected chi connectivity index (χ0v) is 16.6. The Morgan fingerprint density at radius 3 is 2.15 bits per heavy atom. The topological polar surface area (TPSA) is 53.7 Å². The summed E-state index contributed by atoms with van der Waals surface area (Å²) in [6, 6.07) is 12.1. The highest BCUT2D eigenvalue weighted by Gasteiger charge is 2.19. The summed E-state index contributed by atoms with van der Waals surface area (Å²) in [5.41, 5.74) is 9.13. The largest absolute Gasteiger partial charge is 0.490 e. The molecular weight excluding hydrogens is 326 g/mol. The zero-order valence-electron chi connectivity index (χ0n) is 16.6. The minimum atomic E-state index is 0.0318. The summed E-state index contributed by atoms with van der Waals surface area (Å²) in [6.45, 7) is 12.6. The van der Waals surface area contributed by atoms with Crippen molar-refractivity contribution in [1.82, 2.24) is 0 Å². The molecule has 0 saturated heterocycles. The predicted molar refractivity (Wildman–Crippen MR) is 106 cm³/mol. The molecule has 142 valence electrons. The molecule has 4 heteroatoms. The Hall–Kier alpha value is -2.20. The van der Waals surface area contributed by atoms with E-state index in [-0.39, 0.29) is 5.41 Å². The number of ether oxygens (including phenoxy) is 3. The smallest absolute Gasteiger partial charge is 0.161 e. The van der Waals surface area contributed by atoms with Gasteiger partial charge in [0.2, 0.25) is 0 Å². The van der Waals surface area contributed by atoms with Gasteiger partial charge in [-0.3, -0.25) is 0 Å². The third kappa shape index (κ3) is 5.40. The number of aryl methyl sites for hydroxylation is 1. The standard InChI is InChI=1S/C22H31NO3/c1-6-24-21-14-17(15-23)8-10-19(21)25-11-12-26-20-13-16(2)7-9-18(20)22(3,4)5/h7-10,13-14H,6,11-12,15,23H2,1-5H3. The van der Waals surface area contributed by atoms with E-state index in [1.54, 1.807) is 0 Å². The number of hydrogen-bond acceptors (Lipinski definition) is 4. The van der Waals surface area contributed by atoms with Gasteiger partial charge in [-0.25, -0.2) is 0 Å². The quantitative estimate of drug-likeness (QED) is 0.701. The van der Waals surface area contributed by atoms with E-state index in [0.717, 1.165) is 17.1 Å². The van der Waals surface area contributed by atoms with Crippen LogP contribution in [0.4, 0.5) is 0 Å². The normalized spacial score (nSPS) is 11.3. The highest BCUT2D eigenvalue weighted by atomic mass is 16.5. The molecule has 0 bridgehead atoms. The van der Waals surface area contributed by atoms with Crippen molar-refractivity contribution in [3.8, 4) is 17.2 Å². The molecule has 0 atom stereocenters. The molecule has 2 aromatic rings. The van der Waals surface area contributed by atoms with E-state index >= 15 is 0 Å². The average molecular weight is 357 g/mol. The molecule has 0 fully saturated rings. The third-order valence-electron chi connectivity index (χ3n) is 4.09. The van der Waals surface area contributed by atoms with E-state index in [9.17, 15) is 0 Å². The average Bonchev–Trinajstić information content (AvgIpc) is 2.59. The van der Waals surface area contributed by atoms with Crippen molar-refractivity contribution in [2.45, 2.75) is 46.6 Å². The summed E-state index contributed by atoms with van der Waals surface area (Å²) < 4.78 is 17.6. The van der Waals surface area contributed by atoms with Crippen molar-refractivity contribution in [2.75, 3.05) is 19.8 Å². The summed E-state index contributed by atoms with van der Waals surface area (Å²) in [6.07, 6.45) is 0. The molecule has 0 aliphatic rings. The second-order valence-corrected chi connectivity index (χ2v) is 7.36. The van der Waals surface area contributed by atoms with Crippen LogP contribution in [0.5, 0.6) is 17.2 Å². The fraction of sp³-hybridized carbons (Fsp3) is 0.455. The molecule has 2 aromatic carbocycles. The second kappa shape index (κ2) is 8.95. The number of nitrogens with two attached hydrogens (primary N) is 1. The van der Waals surface area contributed by atoms with Gasteiger partial charge >= 0.3 is 0 Å². The Labute approximate surface area is 157 Å². The molecular formula is C22H31NO3. The molecule has 4 nitrogen and oxygen atoms in total. The highest BCUT2D eigenvalue weighted by molar-refractivity contribution is 5.43. The SMILES string of the molecule is CCOc1cc(CN)ccc1OCCOc1cc(C)ccc1C(C)(C)C. The minimum absolute atomic E-state index is 0.0318. The van der Waals surface area contributed by atoms with Crippen molar-refractivity contribution in [3.63, 3.8) is 0 Å². The molecule has 0 aliphatic heterocycles. The maximum Gasteiger partial charge on any atom is 0.161 e. The first kappa shape index (κ1) is 20.1. The monoisotopic (exact) mass is 357 g/mol. The van der Waals surface area contributed by atoms with Crippen LogP contribution in [-0.4, -0.2) is 19.8 Å². The van der Waals surface area contributed by atoms with Gasteiger partial charge in [0.15, 0.2) is 11.5 Å². The van der Waals surface area contributed by atoms with Crippen LogP contribution >= 0.6 is 0 Å². The van der Waals surface area contributed by atoms with Crippen molar-refractivity contribution in [2.24, 2.45) is 5.73 Å². The summed E-state index contributed by atoms with van der Waals surface area (Å²) in [5, 5.41) is 0. The molecule has 0 heterocycles. The fourth-order valence-electron chi connectivity index (χ4n) is 2.74. The number of benzene rings is 2. The molecule has 26 heavy (non-hydrogen) atoms. The maximum atomic E-state index is 6.03. The predicted octanol–water partition coefficient (Wildman–Crippen LogP) is 4.61. The van der Waals surface area contributed by atoms with Gasteiger partial charge < -0.3 is 19.9 Å². The van der Waals surface area contributed by atoms with Crippen LogP contribution in [-0.2, 0) is 12.0 Å². The molecule has 0 aromatic heterocycles. The van der Waals surface area contributed by atoms with Crippen LogP contribution in [0.15, 0.2) is 36.4 Å². The Kier molecular flexibility index (Phi) is 6.92. The van der Waals surface area contributed by atoms with Gasteiger partial charge in [0.25, 0.3) is 0 Å². The second-order valence-electron chi connectivity index (χ2n) is 7.36. The molecule has 0 unspecified atom stereocenters. The first-order valence-electron chi connectivity index (χ1n) is 9.17. The van der Waals surface area contributed by atoms with Crippen molar-refractivity contribution in [1.29, 1.82) is 0 Å². The summed E-state index contributed by atoms with van der Waals surface area (Å²) in [7, 11) is 0. The third-order valence-corrected chi connectivity index (χ3v) is 4.09. The van der Waals surface area contributed by atoms with E-state index in [1.165, 1.54) is 11.1 Å². The molecule has 2 rings (SSSR count). The van der Waals surface area contributed by atoms with Crippen LogP contribution in [0.1, 0.15) is 44.4 Å². The van der Waals surface area contributed by atoms with Gasteiger partial charge in [-0.2, -0.15) is 0 Å². The Balaban J connectivity index is 2.00. The van der Waals surface area contributed by atoms with Crippen molar-refractivity contribution in [3.05, 3.63) is 53.1 Å². The lowest BCUT2D eigenvalue weighted by Gasteiger charge is -2.23. The lowest BCUT2D eigenvalue weighted by molar-refractivity contribution is 0.206. The van der Waals surface area contributed by atoms with Crippen LogP contribution in [0.2, 0.25) is 0 Å². The zero-order chi connectivity index (χ0) is 19.2. The van der Waals surface area contributed by atoms with Gasteiger partial charge in [0.1, 0.15) is 19.0 Å². The molecule has 0 saturated carbocycles. The van der Waals surface area contributed by atoms with Gasteiger partial charge in [-0.15, -0.1) is 0 Å². The Bertz CT molecular complexity index is 720. The van der Waals surface area contributed by atoms with Crippen molar-refractivity contribution >= 4 is 0 Å². The van der Waals surface area contributed by atoms with E-state index in [4.69, 9.17) is 19.9 Å². The van der Waals surface area contributed by atoms with Gasteiger partial charge in [-0.05, 0) is 54.2 Å². The van der Waals surface area contributed by atoms with Crippen molar-refractivity contribution < 1.29 is 14.2 Å². The summed E-state index contributed by atoms with van der Waals surface area (Å²) in [5.74, 6) is 2.36. The molecule has 0 radical (unpaired) electrons. The number of hydrogen-bond donors (Lipinski definition) is 1. The highest BCUT2D eigenvalue weighted by Crippen LogP contribution is 2.32.